The molecule has 3 rings (SSSR count). The van der Waals surface area contributed by atoms with Gasteiger partial charge >= 0.3 is 5.97 Å². The Hall–Kier alpha value is -2.45. The lowest BCUT2D eigenvalue weighted by atomic mass is 10.1. The van der Waals surface area contributed by atoms with Crippen LogP contribution in [-0.4, -0.2) is 45.2 Å². The highest BCUT2D eigenvalue weighted by molar-refractivity contribution is 8.26. The van der Waals surface area contributed by atoms with Crippen molar-refractivity contribution < 1.29 is 19.5 Å². The van der Waals surface area contributed by atoms with Gasteiger partial charge < -0.3 is 10.0 Å². The molecule has 1 fully saturated rings. The number of thiocarbonyl (C=S) groups is 1. The minimum absolute atomic E-state index is 0.179. The summed E-state index contributed by atoms with van der Waals surface area (Å²) in [5.41, 5.74) is 2.01. The number of nitrogens with zero attached hydrogens (tertiary/aromatic N) is 2. The van der Waals surface area contributed by atoms with Gasteiger partial charge in [-0.2, -0.15) is 0 Å². The number of aliphatic carboxylic acids is 1. The summed E-state index contributed by atoms with van der Waals surface area (Å²) in [4.78, 5) is 40.5. The van der Waals surface area contributed by atoms with E-state index < -0.39 is 5.97 Å². The summed E-state index contributed by atoms with van der Waals surface area (Å²) < 4.78 is 0.508. The number of thioether (sulfide) groups is 1. The number of unbranched alkanes of at least 4 members (excludes halogenated alkanes) is 7. The van der Waals surface area contributed by atoms with Crippen LogP contribution in [-0.2, 0) is 14.4 Å². The van der Waals surface area contributed by atoms with Crippen molar-refractivity contribution in [3.63, 3.8) is 0 Å². The molecule has 0 atom stereocenters. The molecule has 2 aliphatic heterocycles. The van der Waals surface area contributed by atoms with Crippen LogP contribution in [0.4, 0.5) is 5.69 Å². The zero-order valence-corrected chi connectivity index (χ0v) is 20.4. The molecule has 2 amide bonds. The Kier molecular flexibility index (Phi) is 9.26. The molecule has 0 aliphatic carbocycles. The Morgan fingerprint density at radius 1 is 0.970 bits per heavy atom. The Bertz CT molecular complexity index is 973. The van der Waals surface area contributed by atoms with Crippen LogP contribution in [0.5, 0.6) is 0 Å². The Morgan fingerprint density at radius 3 is 2.27 bits per heavy atom. The molecule has 0 bridgehead atoms. The van der Waals surface area contributed by atoms with Gasteiger partial charge in [-0.05, 0) is 18.9 Å². The molecular weight excluding hydrogens is 456 g/mol. The number of benzene rings is 1. The summed E-state index contributed by atoms with van der Waals surface area (Å²) >= 11 is 6.70. The van der Waals surface area contributed by atoms with E-state index in [0.717, 1.165) is 62.6 Å². The summed E-state index contributed by atoms with van der Waals surface area (Å²) in [5.74, 6) is -1.08. The van der Waals surface area contributed by atoms with Crippen LogP contribution in [0, 0.1) is 0 Å². The van der Waals surface area contributed by atoms with Gasteiger partial charge in [0.2, 0.25) is 0 Å². The van der Waals surface area contributed by atoms with Crippen molar-refractivity contribution >= 4 is 57.3 Å². The van der Waals surface area contributed by atoms with E-state index in [0.29, 0.717) is 27.9 Å². The van der Waals surface area contributed by atoms with Gasteiger partial charge in [0.25, 0.3) is 11.8 Å². The minimum Gasteiger partial charge on any atom is -0.481 e. The van der Waals surface area contributed by atoms with Gasteiger partial charge in [0.15, 0.2) is 0 Å². The normalized spacial score (nSPS) is 17.8. The van der Waals surface area contributed by atoms with Crippen molar-refractivity contribution in [3.8, 4) is 0 Å². The van der Waals surface area contributed by atoms with Crippen molar-refractivity contribution in [1.82, 2.24) is 4.90 Å². The number of rotatable bonds is 13. The van der Waals surface area contributed by atoms with Gasteiger partial charge in [0.1, 0.15) is 4.32 Å². The average Bonchev–Trinajstić information content (AvgIpc) is 3.22. The third kappa shape index (κ3) is 6.12. The Morgan fingerprint density at radius 2 is 1.61 bits per heavy atom. The number of amides is 2. The fourth-order valence-corrected chi connectivity index (χ4v) is 5.54. The lowest BCUT2D eigenvalue weighted by Crippen LogP contribution is -2.30. The van der Waals surface area contributed by atoms with E-state index >= 15 is 0 Å². The van der Waals surface area contributed by atoms with Crippen molar-refractivity contribution in [3.05, 3.63) is 47.4 Å². The molecule has 1 N–H and O–H groups in total. The lowest BCUT2D eigenvalue weighted by Gasteiger charge is -2.14. The highest BCUT2D eigenvalue weighted by Crippen LogP contribution is 2.44. The number of anilines is 1. The molecule has 33 heavy (non-hydrogen) atoms. The van der Waals surface area contributed by atoms with Gasteiger partial charge in [-0.15, -0.1) is 6.58 Å². The van der Waals surface area contributed by atoms with Crippen LogP contribution >= 0.6 is 24.0 Å². The second-order valence-corrected chi connectivity index (χ2v) is 9.87. The fraction of sp³-hybridized carbons (Fsp3) is 0.440. The number of carboxylic acids is 1. The summed E-state index contributed by atoms with van der Waals surface area (Å²) in [6.07, 6.45) is 9.87. The molecule has 2 aliphatic rings. The number of para-hydroxylation sites is 1. The number of fused-ring (bicyclic) bond motifs is 1. The van der Waals surface area contributed by atoms with E-state index in [-0.39, 0.29) is 18.2 Å². The van der Waals surface area contributed by atoms with Crippen molar-refractivity contribution in [2.45, 2.75) is 57.8 Å². The second kappa shape index (κ2) is 12.1. The predicted octanol–water partition coefficient (Wildman–Crippen LogP) is 5.39. The van der Waals surface area contributed by atoms with Gasteiger partial charge in [-0.3, -0.25) is 19.3 Å². The highest BCUT2D eigenvalue weighted by atomic mass is 32.2. The van der Waals surface area contributed by atoms with E-state index in [1.165, 1.54) is 11.8 Å². The van der Waals surface area contributed by atoms with Crippen molar-refractivity contribution in [2.24, 2.45) is 0 Å². The zero-order valence-electron chi connectivity index (χ0n) is 18.8. The molecule has 6 nitrogen and oxygen atoms in total. The maximum absolute atomic E-state index is 13.2. The third-order valence-corrected chi connectivity index (χ3v) is 7.28. The molecule has 0 unspecified atom stereocenters. The number of carboxylic acid groups (broad SMARTS) is 1. The Balaban J connectivity index is 1.52. The van der Waals surface area contributed by atoms with Crippen molar-refractivity contribution in [1.29, 1.82) is 0 Å². The van der Waals surface area contributed by atoms with Crippen LogP contribution in [0.3, 0.4) is 0 Å². The van der Waals surface area contributed by atoms with E-state index in [2.05, 4.69) is 6.58 Å². The first kappa shape index (κ1) is 25.2. The van der Waals surface area contributed by atoms with Crippen LogP contribution < -0.4 is 4.90 Å². The third-order valence-electron chi connectivity index (χ3n) is 5.83. The quantitative estimate of drug-likeness (QED) is 0.174. The summed E-state index contributed by atoms with van der Waals surface area (Å²) in [6, 6.07) is 7.51. The van der Waals surface area contributed by atoms with Crippen LogP contribution in [0.15, 0.2) is 41.8 Å². The molecule has 0 saturated carbocycles. The SMILES string of the molecule is C=CCN1C(=O)/C(=C2\SC(=S)N(CCCCCCCCCCC(=O)O)C2=O)c2ccccc21. The van der Waals surface area contributed by atoms with E-state index in [4.69, 9.17) is 17.3 Å². The fourth-order valence-electron chi connectivity index (χ4n) is 4.16. The van der Waals surface area contributed by atoms with Gasteiger partial charge in [0, 0.05) is 25.1 Å². The summed E-state index contributed by atoms with van der Waals surface area (Å²) in [7, 11) is 0. The number of carbonyl (C=O) groups excluding carboxylic acids is 2. The molecular formula is C25H30N2O4S2. The molecule has 0 spiro atoms. The van der Waals surface area contributed by atoms with Gasteiger partial charge in [0.05, 0.1) is 16.2 Å². The smallest absolute Gasteiger partial charge is 0.303 e. The molecule has 0 radical (unpaired) electrons. The first-order chi connectivity index (χ1) is 16.0. The molecule has 1 aromatic rings. The summed E-state index contributed by atoms with van der Waals surface area (Å²) in [5, 5.41) is 8.64. The van der Waals surface area contributed by atoms with Gasteiger partial charge in [-0.25, -0.2) is 0 Å². The van der Waals surface area contributed by atoms with Crippen LogP contribution in [0.1, 0.15) is 63.4 Å². The molecule has 176 valence electrons. The average molecular weight is 487 g/mol. The predicted molar refractivity (Wildman–Crippen MR) is 137 cm³/mol. The van der Waals surface area contributed by atoms with Crippen LogP contribution in [0.25, 0.3) is 5.57 Å². The van der Waals surface area contributed by atoms with E-state index in [1.807, 2.05) is 24.3 Å². The van der Waals surface area contributed by atoms with E-state index in [9.17, 15) is 14.4 Å². The highest BCUT2D eigenvalue weighted by Gasteiger charge is 2.41. The van der Waals surface area contributed by atoms with E-state index in [1.54, 1.807) is 15.9 Å². The molecule has 8 heteroatoms. The van der Waals surface area contributed by atoms with Gasteiger partial charge in [-0.1, -0.05) is 86.8 Å². The maximum atomic E-state index is 13.2. The number of hydrogen-bond donors (Lipinski definition) is 1. The summed E-state index contributed by atoms with van der Waals surface area (Å²) in [6.45, 7) is 4.69. The largest absolute Gasteiger partial charge is 0.481 e. The maximum Gasteiger partial charge on any atom is 0.303 e. The first-order valence-electron chi connectivity index (χ1n) is 11.5. The molecule has 0 aromatic heterocycles. The van der Waals surface area contributed by atoms with Crippen LogP contribution in [0.2, 0.25) is 0 Å². The monoisotopic (exact) mass is 486 g/mol. The zero-order chi connectivity index (χ0) is 23.8. The van der Waals surface area contributed by atoms with Crippen molar-refractivity contribution in [2.75, 3.05) is 18.0 Å². The lowest BCUT2D eigenvalue weighted by molar-refractivity contribution is -0.137. The minimum atomic E-state index is -0.725. The Labute approximate surface area is 204 Å². The molecule has 1 aromatic carbocycles. The standard InChI is InChI=1S/C25H30N2O4S2/c1-2-16-26-19-14-11-10-13-18(19)21(23(26)30)22-24(31)27(25(32)33-22)17-12-8-6-4-3-5-7-9-15-20(28)29/h2,10-11,13-14H,1,3-9,12,15-17H2,(H,28,29)/b22-21-. The molecule has 1 saturated heterocycles. The second-order valence-electron chi connectivity index (χ2n) is 8.22. The number of carbonyl (C=O) groups is 3. The molecule has 2 heterocycles. The number of hydrogen-bond acceptors (Lipinski definition) is 5. The first-order valence-corrected chi connectivity index (χ1v) is 12.7. The topological polar surface area (TPSA) is 77.9 Å².